The highest BCUT2D eigenvalue weighted by Crippen LogP contribution is 2.31. The lowest BCUT2D eigenvalue weighted by Gasteiger charge is -2.06. The molecule has 0 bridgehead atoms. The zero-order valence-corrected chi connectivity index (χ0v) is 18.6. The summed E-state index contributed by atoms with van der Waals surface area (Å²) in [5, 5.41) is 11.2. The standard InChI is InChI=1S/C25H19N9O/c1-2-22(35)30-15-7-14(9-26-10-15)19-8-16-20(13-29-19)33-34-24(16)25-31-21-12-27-11-17(23(21)32-25)18-5-3-4-6-28-18/h3-13H,2H2,1H3,(H,30,35)(H,31,32)(H,33,34). The fraction of sp³-hybridized carbons (Fsp3) is 0.0800. The van der Waals surface area contributed by atoms with E-state index >= 15 is 0 Å². The van der Waals surface area contributed by atoms with Gasteiger partial charge in [-0.05, 0) is 24.3 Å². The van der Waals surface area contributed by atoms with Crippen molar-refractivity contribution in [3.05, 3.63) is 67.5 Å². The van der Waals surface area contributed by atoms with Gasteiger partial charge in [-0.25, -0.2) is 4.98 Å². The minimum Gasteiger partial charge on any atom is -0.335 e. The van der Waals surface area contributed by atoms with E-state index < -0.39 is 0 Å². The molecule has 0 atom stereocenters. The molecule has 3 N–H and O–H groups in total. The van der Waals surface area contributed by atoms with Crippen LogP contribution in [0.3, 0.4) is 0 Å². The molecular formula is C25H19N9O. The fourth-order valence-electron chi connectivity index (χ4n) is 3.91. The Labute approximate surface area is 198 Å². The van der Waals surface area contributed by atoms with Gasteiger partial charge in [0, 0.05) is 41.5 Å². The zero-order chi connectivity index (χ0) is 23.8. The van der Waals surface area contributed by atoms with Gasteiger partial charge in [-0.15, -0.1) is 0 Å². The molecule has 10 nitrogen and oxygen atoms in total. The van der Waals surface area contributed by atoms with Gasteiger partial charge in [0.1, 0.15) is 11.2 Å². The number of H-pyrrole nitrogens is 2. The van der Waals surface area contributed by atoms with Crippen molar-refractivity contribution >= 4 is 33.5 Å². The predicted molar refractivity (Wildman–Crippen MR) is 132 cm³/mol. The molecule has 0 aromatic carbocycles. The van der Waals surface area contributed by atoms with Gasteiger partial charge in [-0.1, -0.05) is 13.0 Å². The van der Waals surface area contributed by atoms with E-state index in [2.05, 4.69) is 40.4 Å². The second-order valence-corrected chi connectivity index (χ2v) is 7.93. The van der Waals surface area contributed by atoms with Crippen LogP contribution in [-0.2, 0) is 4.79 Å². The van der Waals surface area contributed by atoms with Gasteiger partial charge < -0.3 is 10.3 Å². The number of rotatable bonds is 5. The van der Waals surface area contributed by atoms with Crippen LogP contribution >= 0.6 is 0 Å². The van der Waals surface area contributed by atoms with Crippen LogP contribution in [0.25, 0.3) is 56.0 Å². The normalized spacial score (nSPS) is 11.2. The van der Waals surface area contributed by atoms with Crippen LogP contribution in [0, 0.1) is 0 Å². The number of carbonyl (C=O) groups is 1. The lowest BCUT2D eigenvalue weighted by atomic mass is 10.1. The molecule has 10 heteroatoms. The summed E-state index contributed by atoms with van der Waals surface area (Å²) >= 11 is 0. The average molecular weight is 461 g/mol. The molecular weight excluding hydrogens is 442 g/mol. The van der Waals surface area contributed by atoms with E-state index in [0.29, 0.717) is 29.3 Å². The molecule has 6 aromatic heterocycles. The average Bonchev–Trinajstić information content (AvgIpc) is 3.53. The molecule has 0 spiro atoms. The number of fused-ring (bicyclic) bond motifs is 2. The van der Waals surface area contributed by atoms with Crippen molar-refractivity contribution in [1.82, 2.24) is 40.1 Å². The first kappa shape index (κ1) is 20.6. The minimum absolute atomic E-state index is 0.0751. The molecule has 6 rings (SSSR count). The van der Waals surface area contributed by atoms with Gasteiger partial charge in [0.2, 0.25) is 5.91 Å². The molecule has 6 aromatic rings. The summed E-state index contributed by atoms with van der Waals surface area (Å²) in [6, 6.07) is 9.51. The molecule has 170 valence electrons. The molecule has 0 unspecified atom stereocenters. The number of aromatic amines is 2. The van der Waals surface area contributed by atoms with Gasteiger partial charge in [-0.2, -0.15) is 5.10 Å². The van der Waals surface area contributed by atoms with E-state index in [1.165, 1.54) is 0 Å². The monoisotopic (exact) mass is 461 g/mol. The molecule has 0 saturated heterocycles. The van der Waals surface area contributed by atoms with Crippen molar-refractivity contribution in [3.8, 4) is 34.0 Å². The maximum atomic E-state index is 11.8. The maximum Gasteiger partial charge on any atom is 0.224 e. The molecule has 0 aliphatic carbocycles. The summed E-state index contributed by atoms with van der Waals surface area (Å²) in [5.41, 5.74) is 6.72. The Bertz CT molecular complexity index is 1690. The number of amides is 1. The molecule has 6 heterocycles. The van der Waals surface area contributed by atoms with Crippen molar-refractivity contribution in [2.75, 3.05) is 5.32 Å². The molecule has 0 radical (unpaired) electrons. The van der Waals surface area contributed by atoms with Crippen LogP contribution in [0.2, 0.25) is 0 Å². The third kappa shape index (κ3) is 3.76. The predicted octanol–water partition coefficient (Wildman–Crippen LogP) is 4.37. The first-order chi connectivity index (χ1) is 17.2. The first-order valence-electron chi connectivity index (χ1n) is 11.0. The van der Waals surface area contributed by atoms with E-state index in [-0.39, 0.29) is 5.91 Å². The molecule has 1 amide bonds. The third-order valence-corrected chi connectivity index (χ3v) is 5.65. The number of carbonyl (C=O) groups excluding carboxylic acids is 1. The van der Waals surface area contributed by atoms with Gasteiger partial charge in [0.05, 0.1) is 46.7 Å². The van der Waals surface area contributed by atoms with E-state index in [9.17, 15) is 4.79 Å². The summed E-state index contributed by atoms with van der Waals surface area (Å²) in [4.78, 5) is 37.5. The van der Waals surface area contributed by atoms with Crippen molar-refractivity contribution < 1.29 is 4.79 Å². The summed E-state index contributed by atoms with van der Waals surface area (Å²) < 4.78 is 0. The third-order valence-electron chi connectivity index (χ3n) is 5.65. The summed E-state index contributed by atoms with van der Waals surface area (Å²) in [6.07, 6.45) is 10.7. The molecule has 0 saturated carbocycles. The van der Waals surface area contributed by atoms with Crippen molar-refractivity contribution in [2.45, 2.75) is 13.3 Å². The Hall–Kier alpha value is -4.99. The van der Waals surface area contributed by atoms with Crippen LogP contribution in [0.1, 0.15) is 13.3 Å². The molecule has 0 aliphatic heterocycles. The highest BCUT2D eigenvalue weighted by molar-refractivity contribution is 5.97. The van der Waals surface area contributed by atoms with E-state index in [1.807, 2.05) is 30.3 Å². The van der Waals surface area contributed by atoms with Crippen molar-refractivity contribution in [3.63, 3.8) is 0 Å². The Kier molecular flexibility index (Phi) is 4.95. The van der Waals surface area contributed by atoms with Gasteiger partial charge in [0.15, 0.2) is 5.82 Å². The van der Waals surface area contributed by atoms with Gasteiger partial charge in [-0.3, -0.25) is 29.8 Å². The Morgan fingerprint density at radius 2 is 1.89 bits per heavy atom. The van der Waals surface area contributed by atoms with Crippen LogP contribution < -0.4 is 5.32 Å². The van der Waals surface area contributed by atoms with Gasteiger partial charge in [0.25, 0.3) is 0 Å². The number of pyridine rings is 4. The summed E-state index contributed by atoms with van der Waals surface area (Å²) in [7, 11) is 0. The number of hydrogen-bond donors (Lipinski definition) is 3. The molecule has 0 fully saturated rings. The Balaban J connectivity index is 1.43. The van der Waals surface area contributed by atoms with E-state index in [4.69, 9.17) is 4.98 Å². The van der Waals surface area contributed by atoms with Crippen LogP contribution in [0.15, 0.2) is 67.5 Å². The minimum atomic E-state index is -0.0751. The number of aromatic nitrogens is 8. The second-order valence-electron chi connectivity index (χ2n) is 7.93. The second kappa shape index (κ2) is 8.41. The first-order valence-corrected chi connectivity index (χ1v) is 11.0. The Morgan fingerprint density at radius 3 is 2.74 bits per heavy atom. The van der Waals surface area contributed by atoms with Crippen LogP contribution in [0.5, 0.6) is 0 Å². The zero-order valence-electron chi connectivity index (χ0n) is 18.6. The molecule has 0 aliphatic rings. The van der Waals surface area contributed by atoms with Crippen LogP contribution in [-0.4, -0.2) is 46.0 Å². The number of hydrogen-bond acceptors (Lipinski definition) is 7. The quantitative estimate of drug-likeness (QED) is 0.346. The van der Waals surface area contributed by atoms with Crippen LogP contribution in [0.4, 0.5) is 5.69 Å². The topological polar surface area (TPSA) is 138 Å². The fourth-order valence-corrected chi connectivity index (χ4v) is 3.91. The number of nitrogens with one attached hydrogen (secondary N) is 3. The van der Waals surface area contributed by atoms with Crippen molar-refractivity contribution in [1.29, 1.82) is 0 Å². The summed E-state index contributed by atoms with van der Waals surface area (Å²) in [6.45, 7) is 1.80. The number of imidazole rings is 1. The smallest absolute Gasteiger partial charge is 0.224 e. The van der Waals surface area contributed by atoms with E-state index in [1.54, 1.807) is 44.1 Å². The highest BCUT2D eigenvalue weighted by atomic mass is 16.1. The van der Waals surface area contributed by atoms with E-state index in [0.717, 1.165) is 38.8 Å². The lowest BCUT2D eigenvalue weighted by molar-refractivity contribution is -0.115. The maximum absolute atomic E-state index is 11.8. The SMILES string of the molecule is CCC(=O)Nc1cncc(-c2cc3c(-c4nc5c(-c6ccccn6)cncc5[nH]4)n[nH]c3cn2)c1. The largest absolute Gasteiger partial charge is 0.335 e. The number of nitrogens with zero attached hydrogens (tertiary/aromatic N) is 6. The lowest BCUT2D eigenvalue weighted by Crippen LogP contribution is -2.09. The number of anilines is 1. The van der Waals surface area contributed by atoms with Crippen molar-refractivity contribution in [2.24, 2.45) is 0 Å². The summed E-state index contributed by atoms with van der Waals surface area (Å²) in [5.74, 6) is 0.532. The molecule has 35 heavy (non-hydrogen) atoms. The highest BCUT2D eigenvalue weighted by Gasteiger charge is 2.17. The Morgan fingerprint density at radius 1 is 0.971 bits per heavy atom. The van der Waals surface area contributed by atoms with Gasteiger partial charge >= 0.3 is 0 Å².